The molecule has 4 unspecified atom stereocenters. The molecule has 0 aliphatic heterocycles. The highest BCUT2D eigenvalue weighted by molar-refractivity contribution is 7.82. The molecule has 10 N–H and O–H groups in total. The Morgan fingerprint density at radius 1 is 0.548 bits per heavy atom. The zero-order valence-electron chi connectivity index (χ0n) is 23.1. The van der Waals surface area contributed by atoms with Gasteiger partial charge in [-0.2, -0.15) is 50.5 Å². The predicted molar refractivity (Wildman–Crippen MR) is 164 cm³/mol. The van der Waals surface area contributed by atoms with Crippen LogP contribution in [0.2, 0.25) is 0 Å². The first-order valence-electron chi connectivity index (χ1n) is 12.7. The molecule has 0 amide bonds. The van der Waals surface area contributed by atoms with E-state index in [-0.39, 0.29) is 19.8 Å². The average Bonchev–Trinajstić information content (AvgIpc) is 2.89. The molecular formula is C24H44O14S4. The molecule has 14 nitrogen and oxygen atoms in total. The normalized spacial score (nSPS) is 17.0. The summed E-state index contributed by atoms with van der Waals surface area (Å²) in [6, 6.07) is 0. The highest BCUT2D eigenvalue weighted by atomic mass is 32.1. The Kier molecular flexibility index (Phi) is 20.7. The second kappa shape index (κ2) is 20.1. The van der Waals surface area contributed by atoms with Crippen LogP contribution in [0.25, 0.3) is 0 Å². The Balaban J connectivity index is 0. The number of carboxylic acids is 4. The van der Waals surface area contributed by atoms with Crippen molar-refractivity contribution in [2.24, 2.45) is 22.2 Å². The van der Waals surface area contributed by atoms with Gasteiger partial charge in [-0.3, -0.25) is 19.2 Å². The van der Waals surface area contributed by atoms with Crippen LogP contribution >= 0.6 is 50.5 Å². The molecule has 0 heterocycles. The smallest absolute Gasteiger partial charge is 0.304 e. The summed E-state index contributed by atoms with van der Waals surface area (Å²) >= 11 is 17.3. The van der Waals surface area contributed by atoms with Crippen molar-refractivity contribution >= 4 is 74.4 Å². The minimum atomic E-state index is -2.09. The van der Waals surface area contributed by atoms with Crippen LogP contribution in [0, 0.1) is 22.2 Å². The summed E-state index contributed by atoms with van der Waals surface area (Å²) in [5, 5.41) is 88.9. The van der Waals surface area contributed by atoms with E-state index in [1.807, 2.05) is 6.92 Å². The van der Waals surface area contributed by atoms with E-state index < -0.39 is 113 Å². The van der Waals surface area contributed by atoms with Gasteiger partial charge in [0.15, 0.2) is 0 Å². The number of rotatable bonds is 21. The zero-order chi connectivity index (χ0) is 33.5. The van der Waals surface area contributed by atoms with Crippen LogP contribution in [0.1, 0.15) is 39.0 Å². The number of carboxylic acid groups (broad SMARTS) is 4. The van der Waals surface area contributed by atoms with Crippen LogP contribution in [0.5, 0.6) is 0 Å². The third kappa shape index (κ3) is 11.2. The molecule has 0 bridgehead atoms. The van der Waals surface area contributed by atoms with Crippen LogP contribution in [-0.2, 0) is 19.2 Å². The van der Waals surface area contributed by atoms with Crippen molar-refractivity contribution in [2.45, 2.75) is 60.0 Å². The van der Waals surface area contributed by atoms with Gasteiger partial charge < -0.3 is 51.1 Å². The molecule has 0 aromatic rings. The molecule has 0 saturated heterocycles. The summed E-state index contributed by atoms with van der Waals surface area (Å²) in [5.41, 5.74) is -4.83. The lowest BCUT2D eigenvalue weighted by Crippen LogP contribution is -2.67. The molecule has 0 aliphatic rings. The summed E-state index contributed by atoms with van der Waals surface area (Å²) < 4.78 is 0. The summed E-state index contributed by atoms with van der Waals surface area (Å²) in [6.45, 7) is -1.72. The second-order valence-corrected chi connectivity index (χ2v) is 12.7. The number of carbonyl (C=O) groups is 4. The first-order chi connectivity index (χ1) is 19.4. The van der Waals surface area contributed by atoms with Gasteiger partial charge in [0, 0.05) is 37.2 Å². The van der Waals surface area contributed by atoms with Gasteiger partial charge in [0.05, 0.1) is 65.3 Å². The van der Waals surface area contributed by atoms with E-state index in [1.54, 1.807) is 0 Å². The Bertz CT molecular complexity index is 783. The summed E-state index contributed by atoms with van der Waals surface area (Å²) in [7, 11) is 0. The minimum absolute atomic E-state index is 0.156. The van der Waals surface area contributed by atoms with Crippen molar-refractivity contribution in [3.63, 3.8) is 0 Å². The lowest BCUT2D eigenvalue weighted by Gasteiger charge is -2.60. The van der Waals surface area contributed by atoms with Crippen molar-refractivity contribution in [1.82, 2.24) is 0 Å². The van der Waals surface area contributed by atoms with Crippen molar-refractivity contribution in [3.05, 3.63) is 0 Å². The third-order valence-electron chi connectivity index (χ3n) is 7.57. The zero-order valence-corrected chi connectivity index (χ0v) is 26.6. The molecule has 0 aromatic heterocycles. The van der Waals surface area contributed by atoms with Crippen molar-refractivity contribution in [2.75, 3.05) is 39.6 Å². The number of hydrogen-bond donors (Lipinski definition) is 14. The first-order valence-corrected chi connectivity index (χ1v) is 14.7. The number of aliphatic hydroxyl groups is 6. The van der Waals surface area contributed by atoms with E-state index in [0.29, 0.717) is 6.42 Å². The quantitative estimate of drug-likeness (QED) is 0.0647. The van der Waals surface area contributed by atoms with Crippen molar-refractivity contribution in [3.8, 4) is 0 Å². The molecule has 0 spiro atoms. The summed E-state index contributed by atoms with van der Waals surface area (Å²) in [6.07, 6.45) is -2.40. The number of aliphatic hydroxyl groups excluding tert-OH is 6. The topological polar surface area (TPSA) is 271 Å². The van der Waals surface area contributed by atoms with Gasteiger partial charge in [0.1, 0.15) is 0 Å². The molecule has 4 atom stereocenters. The number of hydrogen-bond acceptors (Lipinski definition) is 14. The maximum atomic E-state index is 11.6. The van der Waals surface area contributed by atoms with Gasteiger partial charge in [-0.25, -0.2) is 0 Å². The van der Waals surface area contributed by atoms with E-state index in [0.717, 1.165) is 0 Å². The largest absolute Gasteiger partial charge is 0.481 e. The van der Waals surface area contributed by atoms with Crippen LogP contribution in [0.15, 0.2) is 0 Å². The van der Waals surface area contributed by atoms with Gasteiger partial charge >= 0.3 is 23.9 Å². The fraction of sp³-hybridized carbons (Fsp3) is 0.833. The first kappa shape index (κ1) is 43.2. The van der Waals surface area contributed by atoms with Gasteiger partial charge in [-0.05, 0) is 12.3 Å². The van der Waals surface area contributed by atoms with Crippen molar-refractivity contribution < 1.29 is 70.2 Å². The molecule has 0 aromatic carbocycles. The molecule has 248 valence electrons. The molecule has 42 heavy (non-hydrogen) atoms. The fourth-order valence-electron chi connectivity index (χ4n) is 4.95. The number of thiol groups is 4. The van der Waals surface area contributed by atoms with E-state index >= 15 is 0 Å². The van der Waals surface area contributed by atoms with Crippen LogP contribution < -0.4 is 0 Å². The molecule has 0 fully saturated rings. The monoisotopic (exact) mass is 684 g/mol. The van der Waals surface area contributed by atoms with Crippen LogP contribution in [0.3, 0.4) is 0 Å². The van der Waals surface area contributed by atoms with Gasteiger partial charge in [0.25, 0.3) is 0 Å². The maximum absolute atomic E-state index is 11.6. The number of aliphatic carboxylic acids is 4. The molecule has 0 radical (unpaired) electrons. The summed E-state index contributed by atoms with van der Waals surface area (Å²) in [4.78, 5) is 46.2. The van der Waals surface area contributed by atoms with Gasteiger partial charge in [-0.15, -0.1) is 0 Å². The van der Waals surface area contributed by atoms with E-state index in [9.17, 15) is 54.9 Å². The molecule has 18 heteroatoms. The molecule has 0 aliphatic carbocycles. The highest BCUT2D eigenvalue weighted by Crippen LogP contribution is 2.59. The van der Waals surface area contributed by atoms with E-state index in [4.69, 9.17) is 15.3 Å². The Morgan fingerprint density at radius 3 is 1.00 bits per heavy atom. The Hall–Kier alpha value is -0.960. The van der Waals surface area contributed by atoms with Gasteiger partial charge in [-0.1, -0.05) is 6.92 Å². The SMILES string of the molecule is CCC(CO)(CO)CO.O=C(O)CC(S)C(C(S)CC(=O)O)C(C(S)CC(=O)O)(C(S)CC(=O)O)C(CO)(CO)CO. The fourth-order valence-corrected chi connectivity index (χ4v) is 7.99. The maximum Gasteiger partial charge on any atom is 0.304 e. The molecule has 0 rings (SSSR count). The standard InChI is InChI=1S/C18H30O11S4.C6H14O3/c19-5-17(6-20,7-21)18(10(32)3-14(26)27,11(33)4-15(28)29)16(8(30)1-12(22)23)9(31)2-13(24)25;1-2-6(3-7,4-8)5-9/h8-11,16,19-21,30-33H,1-7H2,(H,22,23)(H,24,25)(H,26,27)(H,28,29);7-9H,2-5H2,1H3. The van der Waals surface area contributed by atoms with Crippen LogP contribution in [-0.4, -0.2) is 136 Å². The summed E-state index contributed by atoms with van der Waals surface area (Å²) in [5.74, 6) is -6.98. The molecular weight excluding hydrogens is 641 g/mol. The highest BCUT2D eigenvalue weighted by Gasteiger charge is 2.64. The van der Waals surface area contributed by atoms with E-state index in [1.165, 1.54) is 0 Å². The Morgan fingerprint density at radius 2 is 0.833 bits per heavy atom. The lowest BCUT2D eigenvalue weighted by molar-refractivity contribution is -0.152. The third-order valence-corrected chi connectivity index (χ3v) is 9.80. The molecule has 0 saturated carbocycles. The van der Waals surface area contributed by atoms with Crippen LogP contribution in [0.4, 0.5) is 0 Å². The predicted octanol–water partition coefficient (Wildman–Crippen LogP) is -0.996. The second-order valence-electron chi connectivity index (χ2n) is 10.1. The van der Waals surface area contributed by atoms with Crippen molar-refractivity contribution in [1.29, 1.82) is 0 Å². The minimum Gasteiger partial charge on any atom is -0.481 e. The Labute approximate surface area is 265 Å². The van der Waals surface area contributed by atoms with E-state index in [2.05, 4.69) is 50.5 Å². The van der Waals surface area contributed by atoms with Gasteiger partial charge in [0.2, 0.25) is 0 Å². The lowest BCUT2D eigenvalue weighted by atomic mass is 9.51. The average molecular weight is 685 g/mol.